The molecule has 2 unspecified atom stereocenters. The number of hydrogen-bond donors (Lipinski definition) is 0. The van der Waals surface area contributed by atoms with Crippen molar-refractivity contribution in [1.29, 1.82) is 0 Å². The Balaban J connectivity index is 1.82. The molecule has 1 heterocycles. The molecule has 6 heteroatoms. The molecule has 1 spiro atoms. The average Bonchev–Trinajstić information content (AvgIpc) is 3.02. The molecule has 2 saturated carbocycles. The summed E-state index contributed by atoms with van der Waals surface area (Å²) in [7, 11) is 2.06. The highest BCUT2D eigenvalue weighted by atomic mass is 16.6. The van der Waals surface area contributed by atoms with Gasteiger partial charge in [-0.25, -0.2) is 4.98 Å². The van der Waals surface area contributed by atoms with E-state index in [1.54, 1.807) is 6.92 Å². The van der Waals surface area contributed by atoms with Crippen molar-refractivity contribution in [3.8, 4) is 0 Å². The van der Waals surface area contributed by atoms with Crippen LogP contribution in [-0.2, 0) is 4.74 Å². The molecule has 126 valence electrons. The highest BCUT2D eigenvalue weighted by Crippen LogP contribution is 2.56. The number of aromatic nitrogens is 1. The Kier molecular flexibility index (Phi) is 4.27. The third-order valence-corrected chi connectivity index (χ3v) is 5.74. The van der Waals surface area contributed by atoms with Gasteiger partial charge in [0.15, 0.2) is 0 Å². The molecule has 1 aromatic heterocycles. The molecular formula is C17H25N3O3. The van der Waals surface area contributed by atoms with Crippen LogP contribution in [0.5, 0.6) is 0 Å². The summed E-state index contributed by atoms with van der Waals surface area (Å²) in [5.74, 6) is 0.819. The summed E-state index contributed by atoms with van der Waals surface area (Å²) in [6.07, 6.45) is 7.68. The van der Waals surface area contributed by atoms with E-state index in [0.717, 1.165) is 18.8 Å². The maximum absolute atomic E-state index is 11.0. The van der Waals surface area contributed by atoms with Crippen molar-refractivity contribution >= 4 is 11.5 Å². The highest BCUT2D eigenvalue weighted by molar-refractivity contribution is 5.50. The SMILES string of the molecule is CCOC1CC(N(C)c2cc(C)c([N+](=O)[O-])cn2)C12CCCC2. The van der Waals surface area contributed by atoms with Crippen molar-refractivity contribution in [3.05, 3.63) is 27.9 Å². The Bertz CT molecular complexity index is 599. The van der Waals surface area contributed by atoms with Crippen molar-refractivity contribution in [2.75, 3.05) is 18.6 Å². The zero-order valence-corrected chi connectivity index (χ0v) is 14.1. The predicted molar refractivity (Wildman–Crippen MR) is 88.8 cm³/mol. The minimum atomic E-state index is -0.376. The lowest BCUT2D eigenvalue weighted by molar-refractivity contribution is -0.385. The normalized spacial score (nSPS) is 25.3. The Hall–Kier alpha value is -1.69. The van der Waals surface area contributed by atoms with E-state index in [2.05, 4.69) is 23.9 Å². The summed E-state index contributed by atoms with van der Waals surface area (Å²) in [4.78, 5) is 17.1. The van der Waals surface area contributed by atoms with E-state index in [9.17, 15) is 10.1 Å². The van der Waals surface area contributed by atoms with E-state index in [0.29, 0.717) is 17.7 Å². The Morgan fingerprint density at radius 3 is 2.74 bits per heavy atom. The fourth-order valence-electron chi connectivity index (χ4n) is 4.47. The number of anilines is 1. The fourth-order valence-corrected chi connectivity index (χ4v) is 4.47. The van der Waals surface area contributed by atoms with Crippen LogP contribution in [0.2, 0.25) is 0 Å². The van der Waals surface area contributed by atoms with E-state index >= 15 is 0 Å². The zero-order chi connectivity index (χ0) is 16.6. The first kappa shape index (κ1) is 16.2. The second-order valence-electron chi connectivity index (χ2n) is 6.83. The molecule has 0 N–H and O–H groups in total. The smallest absolute Gasteiger partial charge is 0.290 e. The summed E-state index contributed by atoms with van der Waals surface area (Å²) < 4.78 is 5.97. The van der Waals surface area contributed by atoms with Gasteiger partial charge in [0.05, 0.1) is 11.0 Å². The van der Waals surface area contributed by atoms with E-state index in [1.807, 2.05) is 6.07 Å². The number of hydrogen-bond acceptors (Lipinski definition) is 5. The van der Waals surface area contributed by atoms with Gasteiger partial charge < -0.3 is 9.64 Å². The van der Waals surface area contributed by atoms with Crippen molar-refractivity contribution in [2.24, 2.45) is 5.41 Å². The van der Waals surface area contributed by atoms with E-state index in [-0.39, 0.29) is 16.0 Å². The molecule has 2 fully saturated rings. The molecular weight excluding hydrogens is 294 g/mol. The lowest BCUT2D eigenvalue weighted by Crippen LogP contribution is -2.63. The predicted octanol–water partition coefficient (Wildman–Crippen LogP) is 3.47. The Labute approximate surface area is 137 Å². The molecule has 23 heavy (non-hydrogen) atoms. The van der Waals surface area contributed by atoms with Gasteiger partial charge in [0, 0.05) is 30.7 Å². The first-order valence-corrected chi connectivity index (χ1v) is 8.45. The summed E-state index contributed by atoms with van der Waals surface area (Å²) in [5, 5.41) is 11.0. The van der Waals surface area contributed by atoms with Gasteiger partial charge >= 0.3 is 0 Å². The second-order valence-corrected chi connectivity index (χ2v) is 6.83. The van der Waals surface area contributed by atoms with Crippen LogP contribution in [-0.4, -0.2) is 35.7 Å². The van der Waals surface area contributed by atoms with Gasteiger partial charge in [-0.2, -0.15) is 0 Å². The van der Waals surface area contributed by atoms with Crippen molar-refractivity contribution in [3.63, 3.8) is 0 Å². The first-order chi connectivity index (χ1) is 11.0. The molecule has 0 aliphatic heterocycles. The topological polar surface area (TPSA) is 68.5 Å². The van der Waals surface area contributed by atoms with Crippen LogP contribution >= 0.6 is 0 Å². The number of rotatable bonds is 5. The molecule has 1 aromatic rings. The summed E-state index contributed by atoms with van der Waals surface area (Å²) >= 11 is 0. The van der Waals surface area contributed by atoms with Crippen LogP contribution in [0.4, 0.5) is 11.5 Å². The molecule has 2 atom stereocenters. The van der Waals surface area contributed by atoms with E-state index in [1.165, 1.54) is 31.9 Å². The van der Waals surface area contributed by atoms with Crippen molar-refractivity contribution < 1.29 is 9.66 Å². The summed E-state index contributed by atoms with van der Waals surface area (Å²) in [5.41, 5.74) is 0.980. The number of nitrogens with zero attached hydrogens (tertiary/aromatic N) is 3. The van der Waals surface area contributed by atoms with Gasteiger partial charge in [0.25, 0.3) is 5.69 Å². The summed E-state index contributed by atoms with van der Waals surface area (Å²) in [6, 6.07) is 2.24. The molecule has 0 bridgehead atoms. The van der Waals surface area contributed by atoms with Crippen molar-refractivity contribution in [2.45, 2.75) is 58.1 Å². The lowest BCUT2D eigenvalue weighted by Gasteiger charge is -2.57. The van der Waals surface area contributed by atoms with Gasteiger partial charge in [-0.3, -0.25) is 10.1 Å². The van der Waals surface area contributed by atoms with Crippen LogP contribution in [0.3, 0.4) is 0 Å². The van der Waals surface area contributed by atoms with Crippen LogP contribution in [0.15, 0.2) is 12.3 Å². The second kappa shape index (κ2) is 6.07. The summed E-state index contributed by atoms with van der Waals surface area (Å²) in [6.45, 7) is 4.59. The van der Waals surface area contributed by atoms with Crippen molar-refractivity contribution in [1.82, 2.24) is 4.98 Å². The number of ether oxygens (including phenoxy) is 1. The quantitative estimate of drug-likeness (QED) is 0.614. The zero-order valence-electron chi connectivity index (χ0n) is 14.1. The third kappa shape index (κ3) is 2.59. The van der Waals surface area contributed by atoms with Crippen LogP contribution in [0.25, 0.3) is 0 Å². The fraction of sp³-hybridized carbons (Fsp3) is 0.706. The molecule has 3 rings (SSSR count). The van der Waals surface area contributed by atoms with Crippen LogP contribution in [0.1, 0.15) is 44.6 Å². The van der Waals surface area contributed by atoms with Gasteiger partial charge in [-0.05, 0) is 39.2 Å². The molecule has 0 aromatic carbocycles. The minimum absolute atomic E-state index is 0.0820. The molecule has 6 nitrogen and oxygen atoms in total. The minimum Gasteiger partial charge on any atom is -0.378 e. The monoisotopic (exact) mass is 319 g/mol. The van der Waals surface area contributed by atoms with E-state index < -0.39 is 0 Å². The molecule has 0 radical (unpaired) electrons. The van der Waals surface area contributed by atoms with Crippen LogP contribution < -0.4 is 4.90 Å². The van der Waals surface area contributed by atoms with Gasteiger partial charge in [0.2, 0.25) is 0 Å². The highest BCUT2D eigenvalue weighted by Gasteiger charge is 2.58. The maximum atomic E-state index is 11.0. The number of nitro groups is 1. The number of aryl methyl sites for hydroxylation is 1. The third-order valence-electron chi connectivity index (χ3n) is 5.74. The van der Waals surface area contributed by atoms with Gasteiger partial charge in [-0.15, -0.1) is 0 Å². The molecule has 2 aliphatic rings. The molecule has 0 amide bonds. The maximum Gasteiger partial charge on any atom is 0.290 e. The van der Waals surface area contributed by atoms with Gasteiger partial charge in [0.1, 0.15) is 12.0 Å². The average molecular weight is 319 g/mol. The Morgan fingerprint density at radius 2 is 2.17 bits per heavy atom. The van der Waals surface area contributed by atoms with E-state index in [4.69, 9.17) is 4.74 Å². The number of pyridine rings is 1. The lowest BCUT2D eigenvalue weighted by atomic mass is 9.60. The Morgan fingerprint density at radius 1 is 1.48 bits per heavy atom. The largest absolute Gasteiger partial charge is 0.378 e. The first-order valence-electron chi connectivity index (χ1n) is 8.45. The van der Waals surface area contributed by atoms with Gasteiger partial charge in [-0.1, -0.05) is 12.8 Å². The standard InChI is InChI=1S/C17H25N3O3/c1-4-23-15-10-14(17(15)7-5-6-8-17)19(3)16-9-12(2)13(11-18-16)20(21)22/h9,11,14-15H,4-8,10H2,1-3H3. The molecule has 0 saturated heterocycles. The van der Waals surface area contributed by atoms with Crippen LogP contribution in [0, 0.1) is 22.5 Å². The molecule has 2 aliphatic carbocycles.